The number of aryl methyl sites for hydroxylation is 3. The molecule has 1 atom stereocenters. The van der Waals surface area contributed by atoms with Crippen molar-refractivity contribution in [1.82, 2.24) is 14.5 Å². The Morgan fingerprint density at radius 1 is 1.13 bits per heavy atom. The Balaban J connectivity index is 1.51. The Hall–Kier alpha value is -2.82. The molecule has 0 radical (unpaired) electrons. The van der Waals surface area contributed by atoms with Crippen molar-refractivity contribution in [2.75, 3.05) is 13.2 Å². The Morgan fingerprint density at radius 2 is 1.90 bits per heavy atom. The molecule has 4 rings (SSSR count). The zero-order valence-corrected chi connectivity index (χ0v) is 19.3. The Labute approximate surface area is 185 Å². The summed E-state index contributed by atoms with van der Waals surface area (Å²) in [6, 6.07) is 14.5. The van der Waals surface area contributed by atoms with Crippen LogP contribution in [-0.2, 0) is 11.3 Å². The number of ether oxygens (including phenoxy) is 1. The smallest absolute Gasteiger partial charge is 0.223 e. The van der Waals surface area contributed by atoms with E-state index in [1.54, 1.807) is 0 Å². The van der Waals surface area contributed by atoms with Crippen LogP contribution in [0.4, 0.5) is 0 Å². The number of benzene rings is 2. The zero-order chi connectivity index (χ0) is 22.2. The van der Waals surface area contributed by atoms with E-state index in [1.807, 2.05) is 17.0 Å². The molecule has 0 saturated carbocycles. The fraction of sp³-hybridized carbons (Fsp3) is 0.462. The van der Waals surface area contributed by atoms with Crippen LogP contribution < -0.4 is 4.74 Å². The van der Waals surface area contributed by atoms with Gasteiger partial charge in [0.15, 0.2) is 0 Å². The van der Waals surface area contributed by atoms with Gasteiger partial charge >= 0.3 is 0 Å². The second-order valence-corrected chi connectivity index (χ2v) is 9.66. The molecule has 0 spiro atoms. The van der Waals surface area contributed by atoms with Crippen molar-refractivity contribution >= 4 is 16.9 Å². The van der Waals surface area contributed by atoms with Crippen LogP contribution in [0.5, 0.6) is 5.75 Å². The summed E-state index contributed by atoms with van der Waals surface area (Å²) in [5.41, 5.74) is 4.37. The summed E-state index contributed by atoms with van der Waals surface area (Å²) in [4.78, 5) is 19.6. The average Bonchev–Trinajstić information content (AvgIpc) is 3.27. The van der Waals surface area contributed by atoms with Gasteiger partial charge in [-0.3, -0.25) is 4.79 Å². The van der Waals surface area contributed by atoms with Crippen molar-refractivity contribution in [3.8, 4) is 5.75 Å². The maximum atomic E-state index is 12.7. The van der Waals surface area contributed by atoms with Crippen LogP contribution in [0.1, 0.15) is 56.5 Å². The quantitative estimate of drug-likeness (QED) is 0.514. The molecule has 164 valence electrons. The molecular formula is C26H33N3O2. The van der Waals surface area contributed by atoms with E-state index in [1.165, 1.54) is 11.1 Å². The summed E-state index contributed by atoms with van der Waals surface area (Å²) in [6.45, 7) is 12.7. The summed E-state index contributed by atoms with van der Waals surface area (Å²) < 4.78 is 8.35. The molecule has 1 aliphatic heterocycles. The summed E-state index contributed by atoms with van der Waals surface area (Å²) in [5.74, 6) is 2.31. The predicted octanol–water partition coefficient (Wildman–Crippen LogP) is 5.24. The molecule has 1 amide bonds. The lowest BCUT2D eigenvalue weighted by molar-refractivity contribution is -0.131. The standard InChI is InChI=1S/C26H33N3O2/c1-18-11-12-23(19(2)15-18)31-14-8-13-28-22-10-7-6-9-21(22)27-25(28)20-16-24(30)29(17-20)26(3,4)5/h6-7,9-12,15,20H,8,13-14,16-17H2,1-5H3/t20-/m1/s1. The lowest BCUT2D eigenvalue weighted by Gasteiger charge is -2.32. The lowest BCUT2D eigenvalue weighted by atomic mass is 10.1. The van der Waals surface area contributed by atoms with E-state index in [4.69, 9.17) is 9.72 Å². The van der Waals surface area contributed by atoms with Gasteiger partial charge in [0, 0.05) is 31.0 Å². The summed E-state index contributed by atoms with van der Waals surface area (Å²) >= 11 is 0. The highest BCUT2D eigenvalue weighted by Crippen LogP contribution is 2.34. The van der Waals surface area contributed by atoms with Gasteiger partial charge in [0.1, 0.15) is 11.6 Å². The SMILES string of the molecule is Cc1ccc(OCCCn2c([C@@H]3CC(=O)N(C(C)(C)C)C3)nc3ccccc32)c(C)c1. The van der Waals surface area contributed by atoms with Crippen LogP contribution in [-0.4, -0.2) is 39.0 Å². The first-order valence-corrected chi connectivity index (χ1v) is 11.2. The van der Waals surface area contributed by atoms with E-state index in [-0.39, 0.29) is 17.4 Å². The molecule has 0 unspecified atom stereocenters. The van der Waals surface area contributed by atoms with Crippen molar-refractivity contribution in [2.45, 2.75) is 65.5 Å². The second-order valence-electron chi connectivity index (χ2n) is 9.66. The van der Waals surface area contributed by atoms with Crippen molar-refractivity contribution in [2.24, 2.45) is 0 Å². The molecule has 1 aromatic heterocycles. The number of fused-ring (bicyclic) bond motifs is 1. The number of likely N-dealkylation sites (tertiary alicyclic amines) is 1. The van der Waals surface area contributed by atoms with E-state index in [9.17, 15) is 4.79 Å². The van der Waals surface area contributed by atoms with E-state index < -0.39 is 0 Å². The first-order chi connectivity index (χ1) is 14.7. The summed E-state index contributed by atoms with van der Waals surface area (Å²) in [7, 11) is 0. The largest absolute Gasteiger partial charge is 0.493 e. The lowest BCUT2D eigenvalue weighted by Crippen LogP contribution is -2.42. The maximum Gasteiger partial charge on any atom is 0.223 e. The number of imidazole rings is 1. The minimum atomic E-state index is -0.164. The van der Waals surface area contributed by atoms with Crippen LogP contribution in [0.2, 0.25) is 0 Å². The fourth-order valence-corrected chi connectivity index (χ4v) is 4.54. The zero-order valence-electron chi connectivity index (χ0n) is 19.3. The number of para-hydroxylation sites is 2. The predicted molar refractivity (Wildman–Crippen MR) is 125 cm³/mol. The number of carbonyl (C=O) groups is 1. The molecule has 31 heavy (non-hydrogen) atoms. The highest BCUT2D eigenvalue weighted by Gasteiger charge is 2.38. The Kier molecular flexibility index (Phi) is 5.78. The topological polar surface area (TPSA) is 47.4 Å². The van der Waals surface area contributed by atoms with Gasteiger partial charge < -0.3 is 14.2 Å². The van der Waals surface area contributed by atoms with Crippen LogP contribution in [0.25, 0.3) is 11.0 Å². The molecule has 0 bridgehead atoms. The van der Waals surface area contributed by atoms with Gasteiger partial charge in [0.05, 0.1) is 17.6 Å². The third-order valence-corrected chi connectivity index (χ3v) is 6.10. The summed E-state index contributed by atoms with van der Waals surface area (Å²) in [6.07, 6.45) is 1.41. The van der Waals surface area contributed by atoms with Crippen molar-refractivity contribution in [3.63, 3.8) is 0 Å². The normalized spacial score (nSPS) is 17.0. The summed E-state index contributed by atoms with van der Waals surface area (Å²) in [5, 5.41) is 0. The number of carbonyl (C=O) groups excluding carboxylic acids is 1. The second kappa shape index (κ2) is 8.37. The third-order valence-electron chi connectivity index (χ3n) is 6.10. The van der Waals surface area contributed by atoms with Gasteiger partial charge in [0.2, 0.25) is 5.91 Å². The van der Waals surface area contributed by atoms with Gasteiger partial charge in [-0.1, -0.05) is 29.8 Å². The minimum Gasteiger partial charge on any atom is -0.493 e. The van der Waals surface area contributed by atoms with Crippen LogP contribution in [0.3, 0.4) is 0 Å². The molecule has 1 fully saturated rings. The van der Waals surface area contributed by atoms with E-state index in [2.05, 4.69) is 69.5 Å². The maximum absolute atomic E-state index is 12.7. The molecule has 1 saturated heterocycles. The van der Waals surface area contributed by atoms with Crippen LogP contribution >= 0.6 is 0 Å². The van der Waals surface area contributed by atoms with Crippen molar-refractivity contribution in [3.05, 3.63) is 59.4 Å². The minimum absolute atomic E-state index is 0.124. The molecule has 5 heteroatoms. The van der Waals surface area contributed by atoms with Gasteiger partial charge in [0.25, 0.3) is 0 Å². The molecule has 0 aliphatic carbocycles. The number of aromatic nitrogens is 2. The van der Waals surface area contributed by atoms with E-state index in [0.29, 0.717) is 13.0 Å². The average molecular weight is 420 g/mol. The van der Waals surface area contributed by atoms with Gasteiger partial charge in [-0.05, 0) is 64.8 Å². The van der Waals surface area contributed by atoms with Crippen molar-refractivity contribution < 1.29 is 9.53 Å². The number of nitrogens with zero attached hydrogens (tertiary/aromatic N) is 3. The Morgan fingerprint density at radius 3 is 2.61 bits per heavy atom. The number of amides is 1. The monoisotopic (exact) mass is 419 g/mol. The molecular weight excluding hydrogens is 386 g/mol. The number of rotatable bonds is 6. The highest BCUT2D eigenvalue weighted by atomic mass is 16.5. The van der Waals surface area contributed by atoms with Crippen LogP contribution in [0, 0.1) is 13.8 Å². The first-order valence-electron chi connectivity index (χ1n) is 11.2. The molecule has 1 aliphatic rings. The van der Waals surface area contributed by atoms with Gasteiger partial charge in [-0.2, -0.15) is 0 Å². The van der Waals surface area contributed by atoms with Gasteiger partial charge in [-0.25, -0.2) is 4.98 Å². The van der Waals surface area contributed by atoms with Gasteiger partial charge in [-0.15, -0.1) is 0 Å². The van der Waals surface area contributed by atoms with E-state index >= 15 is 0 Å². The molecule has 2 aromatic carbocycles. The Bertz CT molecular complexity index is 1090. The highest BCUT2D eigenvalue weighted by molar-refractivity contribution is 5.81. The number of hydrogen-bond acceptors (Lipinski definition) is 3. The molecule has 0 N–H and O–H groups in total. The number of hydrogen-bond donors (Lipinski definition) is 0. The van der Waals surface area contributed by atoms with E-state index in [0.717, 1.165) is 42.1 Å². The molecule has 5 nitrogen and oxygen atoms in total. The van der Waals surface area contributed by atoms with Crippen LogP contribution in [0.15, 0.2) is 42.5 Å². The third kappa shape index (κ3) is 4.46. The molecule has 3 aromatic rings. The van der Waals surface area contributed by atoms with Crippen molar-refractivity contribution in [1.29, 1.82) is 0 Å². The molecule has 2 heterocycles. The fourth-order valence-electron chi connectivity index (χ4n) is 4.54. The first kappa shape index (κ1) is 21.4.